The van der Waals surface area contributed by atoms with Gasteiger partial charge in [0.15, 0.2) is 0 Å². The average molecular weight is 750 g/mol. The second-order valence-electron chi connectivity index (χ2n) is 11.9. The highest BCUT2D eigenvalue weighted by molar-refractivity contribution is 5.46. The van der Waals surface area contributed by atoms with Gasteiger partial charge >= 0.3 is 0 Å². The summed E-state index contributed by atoms with van der Waals surface area (Å²) in [4.78, 5) is 2.31. The zero-order valence-corrected chi connectivity index (χ0v) is 38.7. The Morgan fingerprint density at radius 2 is 1.25 bits per heavy atom. The molecular formula is C48H92FNO3. The largest absolute Gasteiger partial charge is 0.490 e. The van der Waals surface area contributed by atoms with Crippen molar-refractivity contribution in [2.75, 3.05) is 38.8 Å². The lowest BCUT2D eigenvalue weighted by Gasteiger charge is -2.35. The molecule has 1 N–H and O–H groups in total. The number of rotatable bonds is 7. The first-order valence-corrected chi connectivity index (χ1v) is 21.0. The van der Waals surface area contributed by atoms with Crippen molar-refractivity contribution in [2.45, 2.75) is 162 Å². The van der Waals surface area contributed by atoms with Crippen molar-refractivity contribution in [2.24, 2.45) is 17.8 Å². The van der Waals surface area contributed by atoms with E-state index in [2.05, 4.69) is 90.9 Å². The van der Waals surface area contributed by atoms with Crippen molar-refractivity contribution in [3.63, 3.8) is 0 Å². The zero-order chi connectivity index (χ0) is 42.8. The summed E-state index contributed by atoms with van der Waals surface area (Å²) < 4.78 is 25.6. The Labute approximate surface area is 332 Å². The molecule has 4 rings (SSSR count). The minimum Gasteiger partial charge on any atom is -0.490 e. The maximum Gasteiger partial charge on any atom is 0.132 e. The molecule has 0 bridgehead atoms. The number of aryl methyl sites for hydroxylation is 2. The Balaban J connectivity index is -0.000000140. The van der Waals surface area contributed by atoms with Crippen LogP contribution in [0.2, 0.25) is 0 Å². The minimum absolute atomic E-state index is 0.0131. The highest BCUT2D eigenvalue weighted by Gasteiger charge is 2.34. The number of hydrogen-bond acceptors (Lipinski definition) is 4. The highest BCUT2D eigenvalue weighted by Crippen LogP contribution is 2.41. The fraction of sp³-hybridized carbons (Fsp3) is 0.667. The van der Waals surface area contributed by atoms with Crippen LogP contribution < -0.4 is 9.64 Å². The third-order valence-electron chi connectivity index (χ3n) is 7.42. The third-order valence-corrected chi connectivity index (χ3v) is 7.42. The summed E-state index contributed by atoms with van der Waals surface area (Å²) in [6.07, 6.45) is 7.28. The van der Waals surface area contributed by atoms with Crippen LogP contribution >= 0.6 is 0 Å². The smallest absolute Gasteiger partial charge is 0.132 e. The fourth-order valence-electron chi connectivity index (χ4n) is 4.58. The number of fused-ring (bicyclic) bond motifs is 1. The predicted molar refractivity (Wildman–Crippen MR) is 242 cm³/mol. The molecule has 4 nitrogen and oxygen atoms in total. The van der Waals surface area contributed by atoms with Crippen molar-refractivity contribution in [1.29, 1.82) is 0 Å². The minimum atomic E-state index is -0.888. The zero-order valence-electron chi connectivity index (χ0n) is 38.7. The molecule has 0 spiro atoms. The first-order valence-electron chi connectivity index (χ1n) is 21.0. The van der Waals surface area contributed by atoms with E-state index < -0.39 is 6.17 Å². The van der Waals surface area contributed by atoms with Gasteiger partial charge in [0.1, 0.15) is 18.0 Å². The molecule has 2 aliphatic heterocycles. The molecule has 2 atom stereocenters. The van der Waals surface area contributed by atoms with Crippen molar-refractivity contribution in [1.82, 2.24) is 0 Å². The van der Waals surface area contributed by atoms with Crippen LogP contribution in [-0.4, -0.2) is 45.1 Å². The molecule has 2 aromatic carbocycles. The molecule has 53 heavy (non-hydrogen) atoms. The monoisotopic (exact) mass is 750 g/mol. The van der Waals surface area contributed by atoms with Crippen molar-refractivity contribution >= 4 is 5.69 Å². The summed E-state index contributed by atoms with van der Waals surface area (Å²) in [5, 5.41) is 7.00. The van der Waals surface area contributed by atoms with Gasteiger partial charge in [-0.1, -0.05) is 166 Å². The highest BCUT2D eigenvalue weighted by atomic mass is 19.1. The molecule has 2 aromatic rings. The third kappa shape index (κ3) is 33.7. The number of anilines is 1. The lowest BCUT2D eigenvalue weighted by Crippen LogP contribution is -2.35. The van der Waals surface area contributed by atoms with Gasteiger partial charge in [-0.3, -0.25) is 0 Å². The van der Waals surface area contributed by atoms with Crippen LogP contribution in [0, 0.1) is 24.7 Å². The fourth-order valence-corrected chi connectivity index (χ4v) is 4.58. The molecule has 0 saturated carbocycles. The summed E-state index contributed by atoms with van der Waals surface area (Å²) in [6, 6.07) is 14.6. The van der Waals surface area contributed by atoms with E-state index in [4.69, 9.17) is 14.6 Å². The molecule has 314 valence electrons. The summed E-state index contributed by atoms with van der Waals surface area (Å²) in [5.74, 6) is 2.77. The van der Waals surface area contributed by atoms with Gasteiger partial charge in [0.25, 0.3) is 0 Å². The van der Waals surface area contributed by atoms with Crippen molar-refractivity contribution < 1.29 is 19.0 Å². The Morgan fingerprint density at radius 1 is 0.792 bits per heavy atom. The maximum atomic E-state index is 14.3. The molecule has 5 heteroatoms. The SMILES string of the molecule is C=CC=C.CC.CC.CC.CC.CC.CCC(C)C.CCc1ccc(N(C)CC(C)C)cc1.CO.Cc1ccc2c(c1)C(F)CC(C1CCOCC1)O2. The number of benzene rings is 2. The first kappa shape index (κ1) is 62.4. The standard InChI is InChI=1S/C15H19FO2.C13H21N.C5H12.C4H6.5C2H6.CH4O/c1-10-2-3-14-12(8-10)13(16)9-15(18-14)11-4-6-17-7-5-11;1-5-12-6-8-13(9-7-12)14(4)10-11(2)3;1-4-5(2)3;1-3-4-2;6*1-2/h2-3,8,11,13,15H,4-7,9H2,1H3;6-9,11H,5,10H2,1-4H3;5H,4H2,1-3H3;3-4H,1-2H2;5*1-2H3;2H,1H3. The Kier molecular flexibility index (Phi) is 55.8. The molecule has 2 heterocycles. The quantitative estimate of drug-likeness (QED) is 0.286. The van der Waals surface area contributed by atoms with Crippen LogP contribution in [0.1, 0.15) is 159 Å². The Morgan fingerprint density at radius 3 is 1.62 bits per heavy atom. The second-order valence-corrected chi connectivity index (χ2v) is 11.9. The number of aliphatic hydroxyl groups is 1. The van der Waals surface area contributed by atoms with E-state index in [0.717, 1.165) is 68.9 Å². The predicted octanol–water partition coefficient (Wildman–Crippen LogP) is 15.1. The number of halogens is 1. The number of aliphatic hydroxyl groups excluding tert-OH is 1. The van der Waals surface area contributed by atoms with Crippen molar-refractivity contribution in [3.05, 3.63) is 84.5 Å². The first-order chi connectivity index (χ1) is 25.6. The van der Waals surface area contributed by atoms with Crippen LogP contribution in [-0.2, 0) is 11.2 Å². The summed E-state index contributed by atoms with van der Waals surface area (Å²) >= 11 is 0. The van der Waals surface area contributed by atoms with E-state index in [-0.39, 0.29) is 6.10 Å². The number of alkyl halides is 1. The number of hydrogen-bond donors (Lipinski definition) is 1. The number of nitrogens with zero attached hydrogens (tertiary/aromatic N) is 1. The second kappa shape index (κ2) is 47.4. The van der Waals surface area contributed by atoms with Gasteiger partial charge < -0.3 is 19.5 Å². The molecule has 0 amide bonds. The molecular weight excluding hydrogens is 658 g/mol. The van der Waals surface area contributed by atoms with Gasteiger partial charge in [0.2, 0.25) is 0 Å². The van der Waals surface area contributed by atoms with Gasteiger partial charge in [0.05, 0.1) is 0 Å². The van der Waals surface area contributed by atoms with Gasteiger partial charge in [-0.25, -0.2) is 4.39 Å². The molecule has 0 aliphatic carbocycles. The lowest BCUT2D eigenvalue weighted by molar-refractivity contribution is -0.00197. The number of allylic oxidation sites excluding steroid dienone is 2. The van der Waals surface area contributed by atoms with E-state index in [0.29, 0.717) is 18.3 Å². The Bertz CT molecular complexity index is 979. The van der Waals surface area contributed by atoms with Crippen LogP contribution in [0.4, 0.5) is 10.1 Å². The molecule has 2 unspecified atom stereocenters. The summed E-state index contributed by atoms with van der Waals surface area (Å²) in [6.45, 7) is 44.7. The average Bonchev–Trinajstić information content (AvgIpc) is 3.23. The van der Waals surface area contributed by atoms with Gasteiger partial charge in [-0.15, -0.1) is 0 Å². The van der Waals surface area contributed by atoms with Crippen LogP contribution in [0.25, 0.3) is 0 Å². The molecule has 0 radical (unpaired) electrons. The van der Waals surface area contributed by atoms with E-state index in [9.17, 15) is 4.39 Å². The topological polar surface area (TPSA) is 41.9 Å². The molecule has 1 fully saturated rings. The molecule has 2 aliphatic rings. The van der Waals surface area contributed by atoms with Crippen LogP contribution in [0.15, 0.2) is 67.8 Å². The molecule has 1 saturated heterocycles. The van der Waals surface area contributed by atoms with Crippen LogP contribution in [0.5, 0.6) is 5.75 Å². The summed E-state index contributed by atoms with van der Waals surface area (Å²) in [5.41, 5.74) is 4.53. The van der Waals surface area contributed by atoms with Crippen molar-refractivity contribution in [3.8, 4) is 5.75 Å². The van der Waals surface area contributed by atoms with Gasteiger partial charge in [-0.2, -0.15) is 0 Å². The lowest BCUT2D eigenvalue weighted by atomic mass is 9.87. The van der Waals surface area contributed by atoms with Gasteiger partial charge in [-0.05, 0) is 67.9 Å². The van der Waals surface area contributed by atoms with E-state index in [1.165, 1.54) is 17.7 Å². The number of ether oxygens (including phenoxy) is 2. The van der Waals surface area contributed by atoms with E-state index in [1.54, 1.807) is 12.2 Å². The van der Waals surface area contributed by atoms with Gasteiger partial charge in [0, 0.05) is 57.5 Å². The van der Waals surface area contributed by atoms with E-state index >= 15 is 0 Å². The Hall–Kier alpha value is -2.63. The van der Waals surface area contributed by atoms with Crippen LogP contribution in [0.3, 0.4) is 0 Å². The maximum absolute atomic E-state index is 14.3. The summed E-state index contributed by atoms with van der Waals surface area (Å²) in [7, 11) is 3.15. The normalized spacial score (nSPS) is 14.5. The molecule has 0 aromatic heterocycles. The van der Waals surface area contributed by atoms with E-state index in [1.807, 2.05) is 94.4 Å².